The zero-order chi connectivity index (χ0) is 15.4. The monoisotopic (exact) mass is 357 g/mol. The number of para-hydroxylation sites is 2. The Balaban J connectivity index is 1.84. The molecule has 0 amide bonds. The number of halogens is 1. The fourth-order valence-electron chi connectivity index (χ4n) is 3.08. The van der Waals surface area contributed by atoms with Gasteiger partial charge < -0.3 is 9.36 Å². The van der Waals surface area contributed by atoms with Crippen LogP contribution in [-0.2, 0) is 11.3 Å². The number of carbonyl (C=O) groups excluding carboxylic acids is 1. The van der Waals surface area contributed by atoms with E-state index in [0.29, 0.717) is 11.2 Å². The van der Waals surface area contributed by atoms with Crippen molar-refractivity contribution in [3.8, 4) is 0 Å². The van der Waals surface area contributed by atoms with E-state index in [1.165, 1.54) is 21.8 Å². The Hall–Kier alpha value is -1.61. The molecule has 0 aliphatic rings. The van der Waals surface area contributed by atoms with Crippen molar-refractivity contribution in [1.82, 2.24) is 4.57 Å². The molecule has 3 rings (SSSR count). The first-order valence-corrected chi connectivity index (χ1v) is 8.76. The molecule has 22 heavy (non-hydrogen) atoms. The van der Waals surface area contributed by atoms with Crippen molar-refractivity contribution in [2.75, 3.05) is 0 Å². The van der Waals surface area contributed by atoms with Gasteiger partial charge in [-0.2, -0.15) is 0 Å². The summed E-state index contributed by atoms with van der Waals surface area (Å²) < 4.78 is 2.42. The summed E-state index contributed by atoms with van der Waals surface area (Å²) >= 11 is 3.75. The largest absolute Gasteiger partial charge is 0.340 e. The smallest absolute Gasteiger partial charge is 0.119 e. The molecular weight excluding hydrogens is 338 g/mol. The number of hydrogen-bond acceptors (Lipinski definition) is 1. The second-order valence-electron chi connectivity index (χ2n) is 5.67. The van der Waals surface area contributed by atoms with Gasteiger partial charge in [0.05, 0.1) is 0 Å². The van der Waals surface area contributed by atoms with Crippen LogP contribution in [0.2, 0.25) is 0 Å². The van der Waals surface area contributed by atoms with Crippen LogP contribution in [0.5, 0.6) is 0 Å². The van der Waals surface area contributed by atoms with Crippen LogP contribution >= 0.6 is 15.9 Å². The lowest BCUT2D eigenvalue weighted by Crippen LogP contribution is -2.05. The van der Waals surface area contributed by atoms with Gasteiger partial charge in [-0.1, -0.05) is 52.3 Å². The van der Waals surface area contributed by atoms with Crippen molar-refractivity contribution in [3.63, 3.8) is 0 Å². The highest BCUT2D eigenvalue weighted by molar-refractivity contribution is 9.09. The van der Waals surface area contributed by atoms with Crippen LogP contribution in [0.25, 0.3) is 21.8 Å². The second kappa shape index (κ2) is 7.10. The van der Waals surface area contributed by atoms with Crippen molar-refractivity contribution in [1.29, 1.82) is 0 Å². The normalized spacial score (nSPS) is 12.8. The summed E-state index contributed by atoms with van der Waals surface area (Å²) in [7, 11) is 0. The maximum absolute atomic E-state index is 10.4. The van der Waals surface area contributed by atoms with E-state index >= 15 is 0 Å². The Morgan fingerprint density at radius 1 is 0.955 bits per heavy atom. The van der Waals surface area contributed by atoms with Crippen molar-refractivity contribution >= 4 is 44.0 Å². The molecule has 1 heterocycles. The molecule has 2 aromatic carbocycles. The molecule has 0 fully saturated rings. The number of rotatable bonds is 7. The van der Waals surface area contributed by atoms with Crippen molar-refractivity contribution in [3.05, 3.63) is 48.5 Å². The van der Waals surface area contributed by atoms with Crippen LogP contribution < -0.4 is 0 Å². The van der Waals surface area contributed by atoms with Gasteiger partial charge in [0.1, 0.15) is 6.29 Å². The molecule has 0 bridgehead atoms. The second-order valence-corrected chi connectivity index (χ2v) is 6.96. The summed E-state index contributed by atoms with van der Waals surface area (Å²) in [5, 5.41) is 2.65. The van der Waals surface area contributed by atoms with Crippen LogP contribution in [0, 0.1) is 0 Å². The Bertz CT molecular complexity index is 724. The summed E-state index contributed by atoms with van der Waals surface area (Å²) in [6.45, 7) is 0.991. The average molecular weight is 358 g/mol. The van der Waals surface area contributed by atoms with E-state index < -0.39 is 0 Å². The minimum absolute atomic E-state index is 0.465. The van der Waals surface area contributed by atoms with Gasteiger partial charge in [0.15, 0.2) is 0 Å². The Morgan fingerprint density at radius 3 is 2.14 bits per heavy atom. The van der Waals surface area contributed by atoms with Gasteiger partial charge in [0.2, 0.25) is 0 Å². The van der Waals surface area contributed by atoms with Gasteiger partial charge in [-0.15, -0.1) is 0 Å². The van der Waals surface area contributed by atoms with Crippen LogP contribution in [0.1, 0.15) is 25.7 Å². The van der Waals surface area contributed by atoms with E-state index in [9.17, 15) is 4.79 Å². The van der Waals surface area contributed by atoms with Crippen LogP contribution in [0.4, 0.5) is 0 Å². The maximum Gasteiger partial charge on any atom is 0.119 e. The van der Waals surface area contributed by atoms with E-state index in [2.05, 4.69) is 69.0 Å². The molecule has 0 N–H and O–H groups in total. The highest BCUT2D eigenvalue weighted by Gasteiger charge is 2.11. The van der Waals surface area contributed by atoms with Crippen molar-refractivity contribution in [2.24, 2.45) is 0 Å². The number of benzene rings is 2. The van der Waals surface area contributed by atoms with Gasteiger partial charge in [-0.3, -0.25) is 0 Å². The molecule has 0 saturated carbocycles. The molecule has 0 aliphatic heterocycles. The summed E-state index contributed by atoms with van der Waals surface area (Å²) in [5.74, 6) is 0. The van der Waals surface area contributed by atoms with E-state index in [0.717, 1.165) is 32.1 Å². The molecule has 1 unspecified atom stereocenters. The quantitative estimate of drug-likeness (QED) is 0.318. The number of aryl methyl sites for hydroxylation is 1. The third-order valence-corrected chi connectivity index (χ3v) is 5.10. The van der Waals surface area contributed by atoms with E-state index in [-0.39, 0.29) is 0 Å². The lowest BCUT2D eigenvalue weighted by atomic mass is 10.1. The Kier molecular flexibility index (Phi) is 4.94. The molecule has 0 saturated heterocycles. The lowest BCUT2D eigenvalue weighted by molar-refractivity contribution is -0.107. The first kappa shape index (κ1) is 15.3. The number of fused-ring (bicyclic) bond motifs is 3. The van der Waals surface area contributed by atoms with Crippen LogP contribution in [0.3, 0.4) is 0 Å². The van der Waals surface area contributed by atoms with Gasteiger partial charge in [-0.05, 0) is 31.4 Å². The summed E-state index contributed by atoms with van der Waals surface area (Å²) in [5.41, 5.74) is 2.60. The first-order chi connectivity index (χ1) is 10.8. The number of hydrogen-bond donors (Lipinski definition) is 0. The number of unbranched alkanes of at least 4 members (excludes halogenated alkanes) is 1. The third kappa shape index (κ3) is 3.09. The fourth-order valence-corrected chi connectivity index (χ4v) is 3.61. The highest BCUT2D eigenvalue weighted by atomic mass is 79.9. The first-order valence-electron chi connectivity index (χ1n) is 7.85. The average Bonchev–Trinajstić information content (AvgIpc) is 2.87. The Morgan fingerprint density at radius 2 is 1.55 bits per heavy atom. The summed E-state index contributed by atoms with van der Waals surface area (Å²) in [6, 6.07) is 17.2. The van der Waals surface area contributed by atoms with E-state index in [1.807, 2.05) is 0 Å². The standard InChI is InChI=1S/C19H20BrNO/c20-15(7-5-6-14-22)12-13-21-18-10-3-1-8-16(18)17-9-2-4-11-19(17)21/h1-4,8-11,14-15H,5-7,12-13H2. The summed E-state index contributed by atoms with van der Waals surface area (Å²) in [6.07, 6.45) is 4.76. The molecular formula is C19H20BrNO. The van der Waals surface area contributed by atoms with Gasteiger partial charge >= 0.3 is 0 Å². The lowest BCUT2D eigenvalue weighted by Gasteiger charge is -2.11. The highest BCUT2D eigenvalue weighted by Crippen LogP contribution is 2.29. The van der Waals surface area contributed by atoms with Crippen LogP contribution in [0.15, 0.2) is 48.5 Å². The molecule has 0 spiro atoms. The topological polar surface area (TPSA) is 22.0 Å². The number of aldehydes is 1. The van der Waals surface area contributed by atoms with Crippen LogP contribution in [-0.4, -0.2) is 15.7 Å². The minimum Gasteiger partial charge on any atom is -0.340 e. The van der Waals surface area contributed by atoms with Gasteiger partial charge in [0, 0.05) is 39.6 Å². The van der Waals surface area contributed by atoms with E-state index in [1.54, 1.807) is 0 Å². The van der Waals surface area contributed by atoms with E-state index in [4.69, 9.17) is 0 Å². The number of nitrogens with zero attached hydrogens (tertiary/aromatic N) is 1. The number of alkyl halides is 1. The molecule has 3 heteroatoms. The molecule has 2 nitrogen and oxygen atoms in total. The fraction of sp³-hybridized carbons (Fsp3) is 0.316. The van der Waals surface area contributed by atoms with Crippen molar-refractivity contribution in [2.45, 2.75) is 37.1 Å². The number of carbonyl (C=O) groups is 1. The van der Waals surface area contributed by atoms with Crippen molar-refractivity contribution < 1.29 is 4.79 Å². The molecule has 0 radical (unpaired) electrons. The van der Waals surface area contributed by atoms with Gasteiger partial charge in [-0.25, -0.2) is 0 Å². The minimum atomic E-state index is 0.465. The molecule has 0 aliphatic carbocycles. The molecule has 114 valence electrons. The number of aromatic nitrogens is 1. The third-order valence-electron chi connectivity index (χ3n) is 4.19. The predicted molar refractivity (Wildman–Crippen MR) is 96.7 cm³/mol. The summed E-state index contributed by atoms with van der Waals surface area (Å²) in [4.78, 5) is 10.9. The molecule has 1 atom stereocenters. The molecule has 1 aromatic heterocycles. The SMILES string of the molecule is O=CCCCC(Br)CCn1c2ccccc2c2ccccc21. The predicted octanol–water partition coefficient (Wildman–Crippen LogP) is 5.32. The van der Waals surface area contributed by atoms with Gasteiger partial charge in [0.25, 0.3) is 0 Å². The Labute approximate surface area is 139 Å². The zero-order valence-electron chi connectivity index (χ0n) is 12.5. The zero-order valence-corrected chi connectivity index (χ0v) is 14.1. The molecule has 3 aromatic rings. The maximum atomic E-state index is 10.4.